The minimum atomic E-state index is -0.867. The molecule has 2 atom stereocenters. The quantitative estimate of drug-likeness (QED) is 0.882. The second kappa shape index (κ2) is 7.06. The predicted octanol–water partition coefficient (Wildman–Crippen LogP) is 3.50. The van der Waals surface area contributed by atoms with Crippen molar-refractivity contribution >= 4 is 35.1 Å². The SMILES string of the molecule is CC1CCC(C(=O)O)CN1C(=O)c1cnn(-c2ccc(Cl)cc2Cl)c1. The molecule has 1 aromatic carbocycles. The van der Waals surface area contributed by atoms with Gasteiger partial charge in [0.05, 0.1) is 28.4 Å². The van der Waals surface area contributed by atoms with E-state index in [0.29, 0.717) is 34.1 Å². The molecule has 2 aromatic rings. The van der Waals surface area contributed by atoms with Gasteiger partial charge >= 0.3 is 5.97 Å². The number of likely N-dealkylation sites (tertiary alicyclic amines) is 1. The monoisotopic (exact) mass is 381 g/mol. The van der Waals surface area contributed by atoms with Crippen LogP contribution in [0.1, 0.15) is 30.1 Å². The molecule has 0 bridgehead atoms. The normalized spacial score (nSPS) is 20.5. The van der Waals surface area contributed by atoms with Gasteiger partial charge in [-0.1, -0.05) is 23.2 Å². The second-order valence-corrected chi connectivity index (χ2v) is 7.03. The maximum absolute atomic E-state index is 12.8. The van der Waals surface area contributed by atoms with E-state index in [-0.39, 0.29) is 18.5 Å². The minimum absolute atomic E-state index is 0.00873. The van der Waals surface area contributed by atoms with Crippen molar-refractivity contribution in [1.29, 1.82) is 0 Å². The van der Waals surface area contributed by atoms with Gasteiger partial charge in [0.25, 0.3) is 5.91 Å². The van der Waals surface area contributed by atoms with Gasteiger partial charge in [0.1, 0.15) is 0 Å². The van der Waals surface area contributed by atoms with Crippen molar-refractivity contribution in [3.05, 3.63) is 46.2 Å². The largest absolute Gasteiger partial charge is 0.481 e. The molecule has 1 saturated heterocycles. The lowest BCUT2D eigenvalue weighted by atomic mass is 9.93. The number of benzene rings is 1. The van der Waals surface area contributed by atoms with Gasteiger partial charge in [0.2, 0.25) is 0 Å². The summed E-state index contributed by atoms with van der Waals surface area (Å²) in [6.45, 7) is 2.14. The molecular formula is C17H17Cl2N3O3. The smallest absolute Gasteiger partial charge is 0.308 e. The summed E-state index contributed by atoms with van der Waals surface area (Å²) in [6, 6.07) is 5.00. The number of halogens is 2. The van der Waals surface area contributed by atoms with Crippen molar-refractivity contribution < 1.29 is 14.7 Å². The maximum atomic E-state index is 12.8. The first-order chi connectivity index (χ1) is 11.9. The van der Waals surface area contributed by atoms with Crippen molar-refractivity contribution in [2.75, 3.05) is 6.54 Å². The standard InChI is InChI=1S/C17H17Cl2N3O3/c1-10-2-3-11(17(24)25)8-21(10)16(23)12-7-20-22(9-12)15-5-4-13(18)6-14(15)19/h4-7,9-11H,2-3,8H2,1H3,(H,24,25). The summed E-state index contributed by atoms with van der Waals surface area (Å²) in [6.07, 6.45) is 4.30. The topological polar surface area (TPSA) is 75.4 Å². The molecule has 1 aliphatic heterocycles. The van der Waals surface area contributed by atoms with Gasteiger partial charge in [-0.15, -0.1) is 0 Å². The van der Waals surface area contributed by atoms with Gasteiger partial charge in [-0.25, -0.2) is 4.68 Å². The Balaban J connectivity index is 1.83. The van der Waals surface area contributed by atoms with Crippen LogP contribution in [0.25, 0.3) is 5.69 Å². The number of aliphatic carboxylic acids is 1. The lowest BCUT2D eigenvalue weighted by Gasteiger charge is -2.36. The van der Waals surface area contributed by atoms with Crippen LogP contribution in [0.15, 0.2) is 30.6 Å². The number of carboxylic acid groups (broad SMARTS) is 1. The molecule has 8 heteroatoms. The molecule has 1 amide bonds. The summed E-state index contributed by atoms with van der Waals surface area (Å²) in [5.74, 6) is -1.62. The van der Waals surface area contributed by atoms with Crippen LogP contribution in [0.5, 0.6) is 0 Å². The van der Waals surface area contributed by atoms with Gasteiger partial charge in [-0.3, -0.25) is 9.59 Å². The highest BCUT2D eigenvalue weighted by molar-refractivity contribution is 6.35. The molecule has 1 fully saturated rings. The molecule has 1 aliphatic rings. The first-order valence-electron chi connectivity index (χ1n) is 7.90. The molecule has 0 radical (unpaired) electrons. The van der Waals surface area contributed by atoms with E-state index < -0.39 is 11.9 Å². The Morgan fingerprint density at radius 2 is 2.04 bits per heavy atom. The number of carboxylic acids is 1. The third kappa shape index (κ3) is 3.65. The van der Waals surface area contributed by atoms with Crippen molar-refractivity contribution in [3.8, 4) is 5.69 Å². The summed E-state index contributed by atoms with van der Waals surface area (Å²) in [5, 5.41) is 14.4. The van der Waals surface area contributed by atoms with E-state index in [4.69, 9.17) is 23.2 Å². The molecule has 132 valence electrons. The van der Waals surface area contributed by atoms with Gasteiger partial charge in [-0.05, 0) is 38.0 Å². The fourth-order valence-corrected chi connectivity index (χ4v) is 3.48. The Morgan fingerprint density at radius 1 is 1.28 bits per heavy atom. The van der Waals surface area contributed by atoms with E-state index in [1.807, 2.05) is 6.92 Å². The van der Waals surface area contributed by atoms with Crippen LogP contribution in [0, 0.1) is 5.92 Å². The van der Waals surface area contributed by atoms with Gasteiger partial charge < -0.3 is 10.0 Å². The molecular weight excluding hydrogens is 365 g/mol. The third-order valence-electron chi connectivity index (χ3n) is 4.48. The van der Waals surface area contributed by atoms with E-state index in [1.54, 1.807) is 29.3 Å². The zero-order valence-corrected chi connectivity index (χ0v) is 15.0. The molecule has 3 rings (SSSR count). The Labute approximate surface area is 154 Å². The van der Waals surface area contributed by atoms with Gasteiger partial charge in [0, 0.05) is 23.8 Å². The molecule has 2 unspecified atom stereocenters. The van der Waals surface area contributed by atoms with Crippen molar-refractivity contribution in [2.45, 2.75) is 25.8 Å². The summed E-state index contributed by atoms with van der Waals surface area (Å²) in [4.78, 5) is 25.6. The molecule has 0 spiro atoms. The number of carbonyl (C=O) groups excluding carboxylic acids is 1. The van der Waals surface area contributed by atoms with Crippen LogP contribution in [0.2, 0.25) is 10.0 Å². The Kier molecular flexibility index (Phi) is 5.01. The molecule has 1 N–H and O–H groups in total. The second-order valence-electron chi connectivity index (χ2n) is 6.19. The zero-order chi connectivity index (χ0) is 18.1. The summed E-state index contributed by atoms with van der Waals surface area (Å²) >= 11 is 12.1. The summed E-state index contributed by atoms with van der Waals surface area (Å²) < 4.78 is 1.51. The average Bonchev–Trinajstić information content (AvgIpc) is 3.04. The third-order valence-corrected chi connectivity index (χ3v) is 5.02. The first-order valence-corrected chi connectivity index (χ1v) is 8.66. The molecule has 2 heterocycles. The highest BCUT2D eigenvalue weighted by Gasteiger charge is 2.33. The highest BCUT2D eigenvalue weighted by Crippen LogP contribution is 2.26. The van der Waals surface area contributed by atoms with Crippen molar-refractivity contribution in [3.63, 3.8) is 0 Å². The van der Waals surface area contributed by atoms with Crippen LogP contribution in [-0.4, -0.2) is 44.3 Å². The number of hydrogen-bond donors (Lipinski definition) is 1. The fourth-order valence-electron chi connectivity index (χ4n) is 2.99. The fraction of sp³-hybridized carbons (Fsp3) is 0.353. The number of amides is 1. The Morgan fingerprint density at radius 3 is 2.72 bits per heavy atom. The van der Waals surface area contributed by atoms with E-state index in [2.05, 4.69) is 5.10 Å². The molecule has 0 saturated carbocycles. The summed E-state index contributed by atoms with van der Waals surface area (Å²) in [7, 11) is 0. The van der Waals surface area contributed by atoms with Crippen LogP contribution in [0.3, 0.4) is 0 Å². The summed E-state index contributed by atoms with van der Waals surface area (Å²) in [5.41, 5.74) is 1.00. The number of piperidine rings is 1. The maximum Gasteiger partial charge on any atom is 0.308 e. The average molecular weight is 382 g/mol. The molecule has 6 nitrogen and oxygen atoms in total. The van der Waals surface area contributed by atoms with E-state index >= 15 is 0 Å². The van der Waals surface area contributed by atoms with Crippen molar-refractivity contribution in [1.82, 2.24) is 14.7 Å². The number of aromatic nitrogens is 2. The lowest BCUT2D eigenvalue weighted by Crippen LogP contribution is -2.47. The predicted molar refractivity (Wildman–Crippen MR) is 94.4 cm³/mol. The van der Waals surface area contributed by atoms with Crippen LogP contribution in [0.4, 0.5) is 0 Å². The van der Waals surface area contributed by atoms with Gasteiger partial charge in [-0.2, -0.15) is 5.10 Å². The molecule has 1 aromatic heterocycles. The van der Waals surface area contributed by atoms with Gasteiger partial charge in [0.15, 0.2) is 0 Å². The number of nitrogens with zero attached hydrogens (tertiary/aromatic N) is 3. The van der Waals surface area contributed by atoms with Crippen LogP contribution >= 0.6 is 23.2 Å². The van der Waals surface area contributed by atoms with E-state index in [0.717, 1.165) is 0 Å². The molecule has 0 aliphatic carbocycles. The van der Waals surface area contributed by atoms with Crippen LogP contribution < -0.4 is 0 Å². The lowest BCUT2D eigenvalue weighted by molar-refractivity contribution is -0.143. The Hall–Kier alpha value is -2.05. The van der Waals surface area contributed by atoms with Crippen molar-refractivity contribution in [2.24, 2.45) is 5.92 Å². The molecule has 25 heavy (non-hydrogen) atoms. The van der Waals surface area contributed by atoms with E-state index in [1.165, 1.54) is 10.9 Å². The Bertz CT molecular complexity index is 821. The highest BCUT2D eigenvalue weighted by atomic mass is 35.5. The first kappa shape index (κ1) is 17.8. The number of hydrogen-bond acceptors (Lipinski definition) is 3. The minimum Gasteiger partial charge on any atom is -0.481 e. The zero-order valence-electron chi connectivity index (χ0n) is 13.5. The number of carbonyl (C=O) groups is 2. The van der Waals surface area contributed by atoms with Crippen LogP contribution in [-0.2, 0) is 4.79 Å². The van der Waals surface area contributed by atoms with E-state index in [9.17, 15) is 14.7 Å². The number of rotatable bonds is 3.